The molecule has 0 bridgehead atoms. The van der Waals surface area contributed by atoms with Gasteiger partial charge in [-0.15, -0.1) is 0 Å². The minimum atomic E-state index is -0.250. The fraction of sp³-hybridized carbons (Fsp3) is 0.400. The molecule has 1 saturated heterocycles. The molecule has 0 unspecified atom stereocenters. The summed E-state index contributed by atoms with van der Waals surface area (Å²) in [6, 6.07) is 10.1. The lowest BCUT2D eigenvalue weighted by Crippen LogP contribution is -2.33. The fourth-order valence-corrected chi connectivity index (χ4v) is 3.04. The molecule has 2 aromatic rings. The summed E-state index contributed by atoms with van der Waals surface area (Å²) >= 11 is 0. The number of nitrogens with one attached hydrogen (secondary N) is 1. The number of hydrogen-bond donors (Lipinski definition) is 1. The SMILES string of the molecule is CC1CCN(c2ccc(C(=O)NCCc3ccc(F)cc3)nc2)CC1. The van der Waals surface area contributed by atoms with Crippen LogP contribution in [0.1, 0.15) is 35.8 Å². The van der Waals surface area contributed by atoms with Gasteiger partial charge in [-0.25, -0.2) is 9.37 Å². The van der Waals surface area contributed by atoms with Gasteiger partial charge in [0.05, 0.1) is 11.9 Å². The summed E-state index contributed by atoms with van der Waals surface area (Å²) < 4.78 is 12.9. The first-order valence-electron chi connectivity index (χ1n) is 8.85. The molecule has 0 aliphatic carbocycles. The maximum Gasteiger partial charge on any atom is 0.269 e. The number of piperidine rings is 1. The molecule has 1 aromatic carbocycles. The average molecular weight is 341 g/mol. The van der Waals surface area contributed by atoms with Gasteiger partial charge in [0.1, 0.15) is 11.5 Å². The van der Waals surface area contributed by atoms with Crippen molar-refractivity contribution in [2.24, 2.45) is 5.92 Å². The summed E-state index contributed by atoms with van der Waals surface area (Å²) in [6.07, 6.45) is 4.85. The van der Waals surface area contributed by atoms with Gasteiger partial charge in [-0.05, 0) is 55.0 Å². The van der Waals surface area contributed by atoms with Crippen molar-refractivity contribution in [3.05, 3.63) is 59.7 Å². The summed E-state index contributed by atoms with van der Waals surface area (Å²) in [5.41, 5.74) is 2.49. The van der Waals surface area contributed by atoms with Crippen LogP contribution >= 0.6 is 0 Å². The zero-order chi connectivity index (χ0) is 17.6. The van der Waals surface area contributed by atoms with E-state index in [1.165, 1.54) is 25.0 Å². The van der Waals surface area contributed by atoms with Crippen LogP contribution in [0.25, 0.3) is 0 Å². The minimum absolute atomic E-state index is 0.180. The standard InChI is InChI=1S/C20H24FN3O/c1-15-9-12-24(13-10-15)18-6-7-19(23-14-18)20(25)22-11-8-16-2-4-17(21)5-3-16/h2-7,14-15H,8-13H2,1H3,(H,22,25). The van der Waals surface area contributed by atoms with Crippen molar-refractivity contribution in [1.82, 2.24) is 10.3 Å². The summed E-state index contributed by atoms with van der Waals surface area (Å²) in [5.74, 6) is 0.358. The third kappa shape index (κ3) is 4.78. The lowest BCUT2D eigenvalue weighted by Gasteiger charge is -2.31. The number of rotatable bonds is 5. The smallest absolute Gasteiger partial charge is 0.269 e. The molecule has 1 fully saturated rings. The van der Waals surface area contributed by atoms with Crippen molar-refractivity contribution >= 4 is 11.6 Å². The first-order chi connectivity index (χ1) is 12.1. The second kappa shape index (κ2) is 8.10. The summed E-state index contributed by atoms with van der Waals surface area (Å²) in [5, 5.41) is 2.86. The highest BCUT2D eigenvalue weighted by Gasteiger charge is 2.16. The Balaban J connectivity index is 1.49. The van der Waals surface area contributed by atoms with Crippen molar-refractivity contribution in [2.75, 3.05) is 24.5 Å². The van der Waals surface area contributed by atoms with Crippen LogP contribution in [0.3, 0.4) is 0 Å². The van der Waals surface area contributed by atoms with E-state index in [0.717, 1.165) is 30.3 Å². The van der Waals surface area contributed by atoms with E-state index >= 15 is 0 Å². The Morgan fingerprint density at radius 2 is 1.92 bits per heavy atom. The maximum atomic E-state index is 12.9. The number of hydrogen-bond acceptors (Lipinski definition) is 3. The normalized spacial score (nSPS) is 15.2. The summed E-state index contributed by atoms with van der Waals surface area (Å²) in [7, 11) is 0. The van der Waals surface area contributed by atoms with E-state index in [1.54, 1.807) is 24.4 Å². The molecule has 0 atom stereocenters. The zero-order valence-electron chi connectivity index (χ0n) is 14.5. The van der Waals surface area contributed by atoms with Crippen LogP contribution in [0.4, 0.5) is 10.1 Å². The molecule has 0 saturated carbocycles. The second-order valence-electron chi connectivity index (χ2n) is 6.70. The largest absolute Gasteiger partial charge is 0.370 e. The Kier molecular flexibility index (Phi) is 5.64. The number of benzene rings is 1. The van der Waals surface area contributed by atoms with Gasteiger partial charge in [-0.2, -0.15) is 0 Å². The van der Waals surface area contributed by atoms with Crippen LogP contribution in [0.15, 0.2) is 42.6 Å². The highest BCUT2D eigenvalue weighted by atomic mass is 19.1. The number of anilines is 1. The van der Waals surface area contributed by atoms with Gasteiger partial charge >= 0.3 is 0 Å². The lowest BCUT2D eigenvalue weighted by molar-refractivity contribution is 0.0949. The quantitative estimate of drug-likeness (QED) is 0.906. The second-order valence-corrected chi connectivity index (χ2v) is 6.70. The van der Waals surface area contributed by atoms with Crippen molar-refractivity contribution in [3.63, 3.8) is 0 Å². The molecule has 1 aliphatic rings. The molecule has 2 heterocycles. The number of halogens is 1. The van der Waals surface area contributed by atoms with Gasteiger partial charge in [-0.3, -0.25) is 4.79 Å². The Morgan fingerprint density at radius 1 is 1.20 bits per heavy atom. The highest BCUT2D eigenvalue weighted by molar-refractivity contribution is 5.92. The van der Waals surface area contributed by atoms with Crippen LogP contribution in [0.5, 0.6) is 0 Å². The van der Waals surface area contributed by atoms with Crippen LogP contribution in [0.2, 0.25) is 0 Å². The molecule has 5 heteroatoms. The van der Waals surface area contributed by atoms with E-state index in [1.807, 2.05) is 6.07 Å². The third-order valence-corrected chi connectivity index (χ3v) is 4.74. The Bertz CT molecular complexity index is 692. The molecule has 3 rings (SSSR count). The highest BCUT2D eigenvalue weighted by Crippen LogP contribution is 2.22. The van der Waals surface area contributed by atoms with Crippen molar-refractivity contribution < 1.29 is 9.18 Å². The van der Waals surface area contributed by atoms with E-state index < -0.39 is 0 Å². The number of carbonyl (C=O) groups excluding carboxylic acids is 1. The molecule has 0 radical (unpaired) electrons. The van der Waals surface area contributed by atoms with E-state index in [9.17, 15) is 9.18 Å². The Labute approximate surface area is 148 Å². The monoisotopic (exact) mass is 341 g/mol. The molecule has 1 aromatic heterocycles. The average Bonchev–Trinajstić information content (AvgIpc) is 2.64. The molecule has 1 aliphatic heterocycles. The number of amides is 1. The third-order valence-electron chi connectivity index (χ3n) is 4.74. The zero-order valence-corrected chi connectivity index (χ0v) is 14.5. The van der Waals surface area contributed by atoms with Crippen molar-refractivity contribution in [3.8, 4) is 0 Å². The van der Waals surface area contributed by atoms with Crippen LogP contribution in [-0.2, 0) is 6.42 Å². The van der Waals surface area contributed by atoms with E-state index in [-0.39, 0.29) is 11.7 Å². The molecular formula is C20H24FN3O. The van der Waals surface area contributed by atoms with Crippen LogP contribution in [0, 0.1) is 11.7 Å². The molecule has 0 spiro atoms. The van der Waals surface area contributed by atoms with E-state index in [4.69, 9.17) is 0 Å². The fourth-order valence-electron chi connectivity index (χ4n) is 3.04. The maximum absolute atomic E-state index is 12.9. The van der Waals surface area contributed by atoms with Gasteiger partial charge in [0, 0.05) is 19.6 Å². The predicted octanol–water partition coefficient (Wildman–Crippen LogP) is 3.43. The first-order valence-corrected chi connectivity index (χ1v) is 8.85. The molecule has 132 valence electrons. The lowest BCUT2D eigenvalue weighted by atomic mass is 9.99. The molecule has 1 amide bonds. The molecule has 1 N–H and O–H groups in total. The Hall–Kier alpha value is -2.43. The number of aromatic nitrogens is 1. The van der Waals surface area contributed by atoms with Crippen molar-refractivity contribution in [1.29, 1.82) is 0 Å². The Morgan fingerprint density at radius 3 is 2.56 bits per heavy atom. The van der Waals surface area contributed by atoms with Crippen LogP contribution < -0.4 is 10.2 Å². The molecular weight excluding hydrogens is 317 g/mol. The van der Waals surface area contributed by atoms with Gasteiger partial charge in [0.15, 0.2) is 0 Å². The van der Waals surface area contributed by atoms with Crippen molar-refractivity contribution in [2.45, 2.75) is 26.2 Å². The summed E-state index contributed by atoms with van der Waals surface area (Å²) in [6.45, 7) is 4.88. The summed E-state index contributed by atoms with van der Waals surface area (Å²) in [4.78, 5) is 18.8. The molecule has 25 heavy (non-hydrogen) atoms. The van der Waals surface area contributed by atoms with Crippen LogP contribution in [-0.4, -0.2) is 30.5 Å². The van der Waals surface area contributed by atoms with Gasteiger partial charge in [0.2, 0.25) is 0 Å². The number of carbonyl (C=O) groups is 1. The first kappa shape index (κ1) is 17.4. The number of pyridine rings is 1. The van der Waals surface area contributed by atoms with E-state index in [2.05, 4.69) is 22.1 Å². The van der Waals surface area contributed by atoms with Gasteiger partial charge in [0.25, 0.3) is 5.91 Å². The van der Waals surface area contributed by atoms with Gasteiger partial charge in [-0.1, -0.05) is 19.1 Å². The number of nitrogens with zero attached hydrogens (tertiary/aromatic N) is 2. The predicted molar refractivity (Wildman–Crippen MR) is 97.3 cm³/mol. The van der Waals surface area contributed by atoms with Gasteiger partial charge < -0.3 is 10.2 Å². The van der Waals surface area contributed by atoms with E-state index in [0.29, 0.717) is 18.7 Å². The topological polar surface area (TPSA) is 45.2 Å². The molecule has 4 nitrogen and oxygen atoms in total. The minimum Gasteiger partial charge on any atom is -0.370 e.